The van der Waals surface area contributed by atoms with Gasteiger partial charge in [-0.15, -0.1) is 0 Å². The van der Waals surface area contributed by atoms with Crippen LogP contribution in [0.5, 0.6) is 0 Å². The molecule has 20 heavy (non-hydrogen) atoms. The van der Waals surface area contributed by atoms with Crippen LogP contribution in [0.15, 0.2) is 10.1 Å². The van der Waals surface area contributed by atoms with Crippen molar-refractivity contribution < 1.29 is 0 Å². The van der Waals surface area contributed by atoms with Gasteiger partial charge in [0.15, 0.2) is 0 Å². The molecule has 3 nitrogen and oxygen atoms in total. The SMILES string of the molecule is CC1=C(Br)CN(CCCN2CCN(C(C)C)CC2)CC1. The van der Waals surface area contributed by atoms with Gasteiger partial charge in [0, 0.05) is 49.8 Å². The molecule has 2 heterocycles. The van der Waals surface area contributed by atoms with Gasteiger partial charge in [-0.25, -0.2) is 0 Å². The molecule has 0 spiro atoms. The van der Waals surface area contributed by atoms with Gasteiger partial charge in [0.2, 0.25) is 0 Å². The van der Waals surface area contributed by atoms with Crippen LogP contribution in [0.1, 0.15) is 33.6 Å². The summed E-state index contributed by atoms with van der Waals surface area (Å²) >= 11 is 3.70. The highest BCUT2D eigenvalue weighted by Gasteiger charge is 2.19. The molecule has 0 aromatic rings. The van der Waals surface area contributed by atoms with Gasteiger partial charge in [0.25, 0.3) is 0 Å². The van der Waals surface area contributed by atoms with Gasteiger partial charge in [-0.1, -0.05) is 21.5 Å². The highest BCUT2D eigenvalue weighted by Crippen LogP contribution is 2.21. The van der Waals surface area contributed by atoms with Crippen LogP contribution in [0.3, 0.4) is 0 Å². The Morgan fingerprint density at radius 1 is 1.00 bits per heavy atom. The fourth-order valence-corrected chi connectivity index (χ4v) is 3.64. The molecule has 1 fully saturated rings. The molecule has 0 aromatic heterocycles. The zero-order chi connectivity index (χ0) is 14.5. The molecule has 0 saturated carbocycles. The smallest absolute Gasteiger partial charge is 0.0299 e. The maximum Gasteiger partial charge on any atom is 0.0299 e. The van der Waals surface area contributed by atoms with Gasteiger partial charge < -0.3 is 4.90 Å². The highest BCUT2D eigenvalue weighted by atomic mass is 79.9. The fourth-order valence-electron chi connectivity index (χ4n) is 3.08. The largest absolute Gasteiger partial charge is 0.301 e. The first kappa shape index (κ1) is 16.5. The zero-order valence-corrected chi connectivity index (χ0v) is 15.0. The van der Waals surface area contributed by atoms with Crippen molar-refractivity contribution in [3.63, 3.8) is 0 Å². The summed E-state index contributed by atoms with van der Waals surface area (Å²) in [4.78, 5) is 7.81. The van der Waals surface area contributed by atoms with Crippen LogP contribution in [0, 0.1) is 0 Å². The molecule has 0 radical (unpaired) electrons. The lowest BCUT2D eigenvalue weighted by molar-refractivity contribution is 0.105. The average molecular weight is 344 g/mol. The van der Waals surface area contributed by atoms with Crippen LogP contribution in [-0.2, 0) is 0 Å². The molecule has 1 saturated heterocycles. The molecule has 0 bridgehead atoms. The van der Waals surface area contributed by atoms with E-state index in [1.54, 1.807) is 0 Å². The molecule has 0 aromatic carbocycles. The van der Waals surface area contributed by atoms with E-state index in [0.29, 0.717) is 6.04 Å². The fraction of sp³-hybridized carbons (Fsp3) is 0.875. The maximum atomic E-state index is 3.70. The first-order valence-corrected chi connectivity index (χ1v) is 8.88. The van der Waals surface area contributed by atoms with Crippen molar-refractivity contribution in [2.75, 3.05) is 52.4 Å². The summed E-state index contributed by atoms with van der Waals surface area (Å²) in [5.74, 6) is 0. The molecule has 4 heteroatoms. The van der Waals surface area contributed by atoms with Crippen molar-refractivity contribution in [2.24, 2.45) is 0 Å². The van der Waals surface area contributed by atoms with Crippen molar-refractivity contribution in [3.8, 4) is 0 Å². The molecule has 0 atom stereocenters. The molecule has 2 aliphatic rings. The zero-order valence-electron chi connectivity index (χ0n) is 13.4. The minimum atomic E-state index is 0.706. The topological polar surface area (TPSA) is 9.72 Å². The average Bonchev–Trinajstić information content (AvgIpc) is 2.43. The molecule has 0 amide bonds. The lowest BCUT2D eigenvalue weighted by Crippen LogP contribution is -2.49. The summed E-state index contributed by atoms with van der Waals surface area (Å²) in [6, 6.07) is 0.706. The molecule has 0 N–H and O–H groups in total. The van der Waals surface area contributed by atoms with Crippen LogP contribution in [0.4, 0.5) is 0 Å². The van der Waals surface area contributed by atoms with Crippen LogP contribution < -0.4 is 0 Å². The number of hydrogen-bond acceptors (Lipinski definition) is 3. The number of rotatable bonds is 5. The Bertz CT molecular complexity index is 333. The summed E-state index contributed by atoms with van der Waals surface area (Å²) < 4.78 is 1.41. The standard InChI is InChI=1S/C16H30BrN3/c1-14(2)20-11-9-18(10-12-20)6-4-7-19-8-5-15(3)16(17)13-19/h14H,4-13H2,1-3H3. The van der Waals surface area contributed by atoms with Gasteiger partial charge >= 0.3 is 0 Å². The van der Waals surface area contributed by atoms with Crippen LogP contribution in [-0.4, -0.2) is 73.1 Å². The van der Waals surface area contributed by atoms with Gasteiger partial charge in [-0.2, -0.15) is 0 Å². The Labute approximate surface area is 133 Å². The predicted octanol–water partition coefficient (Wildman–Crippen LogP) is 2.78. The first-order chi connectivity index (χ1) is 9.56. The van der Waals surface area contributed by atoms with E-state index in [0.717, 1.165) is 6.54 Å². The van der Waals surface area contributed by atoms with Gasteiger partial charge in [0.1, 0.15) is 0 Å². The predicted molar refractivity (Wildman–Crippen MR) is 90.5 cm³/mol. The van der Waals surface area contributed by atoms with Crippen molar-refractivity contribution in [2.45, 2.75) is 39.7 Å². The summed E-state index contributed by atoms with van der Waals surface area (Å²) in [7, 11) is 0. The molecule has 2 rings (SSSR count). The van der Waals surface area contributed by atoms with Crippen LogP contribution >= 0.6 is 15.9 Å². The van der Waals surface area contributed by atoms with E-state index >= 15 is 0 Å². The quantitative estimate of drug-likeness (QED) is 0.759. The van der Waals surface area contributed by atoms with E-state index in [1.807, 2.05) is 0 Å². The van der Waals surface area contributed by atoms with E-state index in [-0.39, 0.29) is 0 Å². The van der Waals surface area contributed by atoms with Crippen molar-refractivity contribution in [1.29, 1.82) is 0 Å². The third-order valence-corrected chi connectivity index (χ3v) is 5.64. The number of hydrogen-bond donors (Lipinski definition) is 0. The first-order valence-electron chi connectivity index (χ1n) is 8.09. The Morgan fingerprint density at radius 2 is 1.65 bits per heavy atom. The Kier molecular flexibility index (Phi) is 6.53. The Balaban J connectivity index is 1.61. The van der Waals surface area contributed by atoms with Crippen LogP contribution in [0.25, 0.3) is 0 Å². The van der Waals surface area contributed by atoms with Crippen molar-refractivity contribution in [1.82, 2.24) is 14.7 Å². The van der Waals surface area contributed by atoms with E-state index in [2.05, 4.69) is 51.4 Å². The second kappa shape index (κ2) is 7.92. The summed E-state index contributed by atoms with van der Waals surface area (Å²) in [6.07, 6.45) is 2.54. The van der Waals surface area contributed by atoms with E-state index < -0.39 is 0 Å². The number of halogens is 1. The lowest BCUT2D eigenvalue weighted by Gasteiger charge is -2.37. The summed E-state index contributed by atoms with van der Waals surface area (Å²) in [5.41, 5.74) is 1.53. The number of nitrogens with zero attached hydrogens (tertiary/aromatic N) is 3. The van der Waals surface area contributed by atoms with E-state index in [9.17, 15) is 0 Å². The molecule has 2 aliphatic heterocycles. The van der Waals surface area contributed by atoms with Crippen LogP contribution in [0.2, 0.25) is 0 Å². The number of piperazine rings is 1. The third kappa shape index (κ3) is 4.83. The highest BCUT2D eigenvalue weighted by molar-refractivity contribution is 9.11. The monoisotopic (exact) mass is 343 g/mol. The molecule has 0 aliphatic carbocycles. The molecule has 0 unspecified atom stereocenters. The van der Waals surface area contributed by atoms with Gasteiger partial charge in [-0.05, 0) is 46.7 Å². The van der Waals surface area contributed by atoms with Crippen molar-refractivity contribution >= 4 is 15.9 Å². The second-order valence-electron chi connectivity index (χ2n) is 6.54. The Morgan fingerprint density at radius 3 is 2.25 bits per heavy atom. The normalized spacial score (nSPS) is 23.9. The van der Waals surface area contributed by atoms with E-state index in [4.69, 9.17) is 0 Å². The lowest BCUT2D eigenvalue weighted by atomic mass is 10.1. The second-order valence-corrected chi connectivity index (χ2v) is 7.49. The minimum absolute atomic E-state index is 0.706. The maximum absolute atomic E-state index is 3.70. The molecular formula is C16H30BrN3. The summed E-state index contributed by atoms with van der Waals surface area (Å²) in [5, 5.41) is 0. The Hall–Kier alpha value is 0.1000. The van der Waals surface area contributed by atoms with Crippen molar-refractivity contribution in [3.05, 3.63) is 10.1 Å². The van der Waals surface area contributed by atoms with Gasteiger partial charge in [-0.3, -0.25) is 9.80 Å². The third-order valence-electron chi connectivity index (χ3n) is 4.71. The molecular weight excluding hydrogens is 314 g/mol. The minimum Gasteiger partial charge on any atom is -0.301 e. The van der Waals surface area contributed by atoms with Gasteiger partial charge in [0.05, 0.1) is 0 Å². The summed E-state index contributed by atoms with van der Waals surface area (Å²) in [6.45, 7) is 16.7. The van der Waals surface area contributed by atoms with E-state index in [1.165, 1.54) is 68.7 Å². The molecule has 116 valence electrons.